The molecule has 1 N–H and O–H groups in total. The van der Waals surface area contributed by atoms with Gasteiger partial charge in [0.1, 0.15) is 17.0 Å². The van der Waals surface area contributed by atoms with Gasteiger partial charge in [0.25, 0.3) is 0 Å². The van der Waals surface area contributed by atoms with E-state index >= 15 is 0 Å². The summed E-state index contributed by atoms with van der Waals surface area (Å²) >= 11 is 1.65. The minimum Gasteiger partial charge on any atom is -0.461 e. The standard InChI is InChI=1S/C20H19N5O2S/c1-2-27-20(26)16-11-25(13-24-16)9-8-21-18-15-10-17(14-6-4-3-5-7-14)28-19(15)23-12-22-18/h3-7,10-13H,2,8-9H2,1H3,(H,21,22,23). The molecule has 8 heteroatoms. The molecule has 7 nitrogen and oxygen atoms in total. The number of imidazole rings is 1. The molecule has 1 aromatic carbocycles. The summed E-state index contributed by atoms with van der Waals surface area (Å²) in [6.45, 7) is 3.40. The Bertz CT molecular complexity index is 1090. The van der Waals surface area contributed by atoms with E-state index in [9.17, 15) is 4.79 Å². The van der Waals surface area contributed by atoms with E-state index in [1.807, 2.05) is 22.8 Å². The summed E-state index contributed by atoms with van der Waals surface area (Å²) in [4.78, 5) is 26.7. The zero-order valence-electron chi connectivity index (χ0n) is 15.3. The van der Waals surface area contributed by atoms with Gasteiger partial charge in [0.2, 0.25) is 0 Å². The quantitative estimate of drug-likeness (QED) is 0.480. The summed E-state index contributed by atoms with van der Waals surface area (Å²) in [6.07, 6.45) is 4.89. The molecular weight excluding hydrogens is 374 g/mol. The Labute approximate surface area is 166 Å². The Morgan fingerprint density at radius 1 is 1.21 bits per heavy atom. The lowest BCUT2D eigenvalue weighted by Crippen LogP contribution is -2.10. The van der Waals surface area contributed by atoms with Crippen LogP contribution in [0, 0.1) is 0 Å². The molecule has 4 rings (SSSR count). The zero-order chi connectivity index (χ0) is 19.3. The van der Waals surface area contributed by atoms with Crippen LogP contribution >= 0.6 is 11.3 Å². The molecule has 0 aliphatic heterocycles. The second-order valence-corrected chi connectivity index (χ2v) is 7.09. The number of anilines is 1. The lowest BCUT2D eigenvalue weighted by Gasteiger charge is -2.06. The second-order valence-electron chi connectivity index (χ2n) is 6.06. The van der Waals surface area contributed by atoms with Crippen LogP contribution in [-0.2, 0) is 11.3 Å². The number of esters is 1. The summed E-state index contributed by atoms with van der Waals surface area (Å²) in [5, 5.41) is 4.36. The first kappa shape index (κ1) is 18.1. The van der Waals surface area contributed by atoms with Gasteiger partial charge in [-0.1, -0.05) is 30.3 Å². The van der Waals surface area contributed by atoms with Gasteiger partial charge in [-0.05, 0) is 18.6 Å². The predicted octanol–water partition coefficient (Wildman–Crippen LogP) is 3.84. The topological polar surface area (TPSA) is 81.9 Å². The molecule has 0 unspecified atom stereocenters. The number of thiophene rings is 1. The van der Waals surface area contributed by atoms with Gasteiger partial charge < -0.3 is 14.6 Å². The largest absolute Gasteiger partial charge is 0.461 e. The number of carbonyl (C=O) groups is 1. The first-order valence-electron chi connectivity index (χ1n) is 8.97. The fourth-order valence-electron chi connectivity index (χ4n) is 2.84. The first-order valence-corrected chi connectivity index (χ1v) is 9.79. The third-order valence-corrected chi connectivity index (χ3v) is 5.26. The molecule has 0 fully saturated rings. The Hall–Kier alpha value is -3.26. The second kappa shape index (κ2) is 8.18. The maximum Gasteiger partial charge on any atom is 0.358 e. The van der Waals surface area contributed by atoms with Crippen molar-refractivity contribution in [1.82, 2.24) is 19.5 Å². The van der Waals surface area contributed by atoms with Gasteiger partial charge in [0.05, 0.1) is 18.3 Å². The van der Waals surface area contributed by atoms with Gasteiger partial charge in [0.15, 0.2) is 5.69 Å². The van der Waals surface area contributed by atoms with E-state index in [0.717, 1.165) is 20.9 Å². The van der Waals surface area contributed by atoms with E-state index in [4.69, 9.17) is 4.74 Å². The van der Waals surface area contributed by atoms with E-state index in [0.29, 0.717) is 25.4 Å². The fourth-order valence-corrected chi connectivity index (χ4v) is 3.84. The van der Waals surface area contributed by atoms with Crippen molar-refractivity contribution >= 4 is 33.3 Å². The first-order chi connectivity index (χ1) is 13.7. The van der Waals surface area contributed by atoms with Crippen molar-refractivity contribution in [3.05, 3.63) is 60.9 Å². The molecule has 142 valence electrons. The molecule has 0 radical (unpaired) electrons. The van der Waals surface area contributed by atoms with E-state index in [1.54, 1.807) is 37.1 Å². The molecule has 4 aromatic rings. The monoisotopic (exact) mass is 393 g/mol. The van der Waals surface area contributed by atoms with Crippen LogP contribution < -0.4 is 5.32 Å². The lowest BCUT2D eigenvalue weighted by atomic mass is 10.2. The molecule has 3 heterocycles. The van der Waals surface area contributed by atoms with Crippen LogP contribution in [0.1, 0.15) is 17.4 Å². The van der Waals surface area contributed by atoms with Crippen molar-refractivity contribution in [1.29, 1.82) is 0 Å². The minimum atomic E-state index is -0.404. The van der Waals surface area contributed by atoms with Gasteiger partial charge in [0, 0.05) is 24.2 Å². The predicted molar refractivity (Wildman–Crippen MR) is 110 cm³/mol. The third-order valence-electron chi connectivity index (χ3n) is 4.17. The molecule has 0 aliphatic rings. The normalized spacial score (nSPS) is 10.9. The summed E-state index contributed by atoms with van der Waals surface area (Å²) < 4.78 is 6.80. The highest BCUT2D eigenvalue weighted by atomic mass is 32.1. The van der Waals surface area contributed by atoms with Crippen molar-refractivity contribution in [2.45, 2.75) is 13.5 Å². The fraction of sp³-hybridized carbons (Fsp3) is 0.200. The number of hydrogen-bond donors (Lipinski definition) is 1. The number of aromatic nitrogens is 4. The maximum atomic E-state index is 11.7. The highest BCUT2D eigenvalue weighted by Crippen LogP contribution is 2.34. The van der Waals surface area contributed by atoms with Crippen LogP contribution in [0.2, 0.25) is 0 Å². The molecule has 0 bridgehead atoms. The summed E-state index contributed by atoms with van der Waals surface area (Å²) in [5.74, 6) is 0.396. The van der Waals surface area contributed by atoms with E-state index in [1.165, 1.54) is 5.56 Å². The molecule has 0 atom stereocenters. The van der Waals surface area contributed by atoms with Crippen LogP contribution in [0.4, 0.5) is 5.82 Å². The Kier molecular flexibility index (Phi) is 5.29. The number of carbonyl (C=O) groups excluding carboxylic acids is 1. The summed E-state index contributed by atoms with van der Waals surface area (Å²) in [6, 6.07) is 12.4. The Balaban J connectivity index is 1.45. The molecule has 0 spiro atoms. The number of nitrogens with zero attached hydrogens (tertiary/aromatic N) is 4. The van der Waals surface area contributed by atoms with Crippen LogP contribution in [0.5, 0.6) is 0 Å². The molecule has 0 saturated heterocycles. The number of fused-ring (bicyclic) bond motifs is 1. The average Bonchev–Trinajstić information content (AvgIpc) is 3.36. The lowest BCUT2D eigenvalue weighted by molar-refractivity contribution is 0.0520. The third kappa shape index (κ3) is 3.86. The van der Waals surface area contributed by atoms with Gasteiger partial charge >= 0.3 is 5.97 Å². The SMILES string of the molecule is CCOC(=O)c1cn(CCNc2ncnc3sc(-c4ccccc4)cc23)cn1. The van der Waals surface area contributed by atoms with Crippen LogP contribution in [0.25, 0.3) is 20.7 Å². The van der Waals surface area contributed by atoms with Crippen LogP contribution in [0.15, 0.2) is 55.2 Å². The highest BCUT2D eigenvalue weighted by molar-refractivity contribution is 7.21. The average molecular weight is 393 g/mol. The minimum absolute atomic E-state index is 0.316. The van der Waals surface area contributed by atoms with Crippen molar-refractivity contribution in [3.63, 3.8) is 0 Å². The van der Waals surface area contributed by atoms with E-state index < -0.39 is 5.97 Å². The van der Waals surface area contributed by atoms with Gasteiger partial charge in [-0.3, -0.25) is 0 Å². The van der Waals surface area contributed by atoms with Gasteiger partial charge in [-0.2, -0.15) is 0 Å². The van der Waals surface area contributed by atoms with Crippen molar-refractivity contribution < 1.29 is 9.53 Å². The molecule has 0 saturated carbocycles. The maximum absolute atomic E-state index is 11.7. The molecule has 0 amide bonds. The molecule has 28 heavy (non-hydrogen) atoms. The highest BCUT2D eigenvalue weighted by Gasteiger charge is 2.11. The molecular formula is C20H19N5O2S. The van der Waals surface area contributed by atoms with Crippen LogP contribution in [0.3, 0.4) is 0 Å². The summed E-state index contributed by atoms with van der Waals surface area (Å²) in [7, 11) is 0. The Morgan fingerprint density at radius 3 is 2.89 bits per heavy atom. The van der Waals surface area contributed by atoms with Crippen molar-refractivity contribution in [2.24, 2.45) is 0 Å². The molecule has 3 aromatic heterocycles. The van der Waals surface area contributed by atoms with Crippen LogP contribution in [-0.4, -0.2) is 38.6 Å². The van der Waals surface area contributed by atoms with Crippen molar-refractivity contribution in [3.8, 4) is 10.4 Å². The number of rotatable bonds is 7. The van der Waals surface area contributed by atoms with Crippen molar-refractivity contribution in [2.75, 3.05) is 18.5 Å². The number of nitrogens with one attached hydrogen (secondary N) is 1. The summed E-state index contributed by atoms with van der Waals surface area (Å²) in [5.41, 5.74) is 1.48. The van der Waals surface area contributed by atoms with Gasteiger partial charge in [-0.25, -0.2) is 19.7 Å². The zero-order valence-corrected chi connectivity index (χ0v) is 16.1. The molecule has 0 aliphatic carbocycles. The Morgan fingerprint density at radius 2 is 2.07 bits per heavy atom. The van der Waals surface area contributed by atoms with Gasteiger partial charge in [-0.15, -0.1) is 11.3 Å². The number of hydrogen-bond acceptors (Lipinski definition) is 7. The smallest absolute Gasteiger partial charge is 0.358 e. The van der Waals surface area contributed by atoms with E-state index in [2.05, 4.69) is 38.5 Å². The number of benzene rings is 1. The number of ether oxygens (including phenoxy) is 1. The van der Waals surface area contributed by atoms with E-state index in [-0.39, 0.29) is 0 Å².